The Bertz CT molecular complexity index is 1230. The predicted octanol–water partition coefficient (Wildman–Crippen LogP) is 3.73. The van der Waals surface area contributed by atoms with Gasteiger partial charge in [-0.05, 0) is 43.4 Å². The number of aromatic nitrogens is 3. The first-order valence-electron chi connectivity index (χ1n) is 10.6. The normalized spacial score (nSPS) is 16.7. The highest BCUT2D eigenvalue weighted by molar-refractivity contribution is 5.92. The number of pyridine rings is 2. The van der Waals surface area contributed by atoms with E-state index < -0.39 is 23.7 Å². The Labute approximate surface area is 184 Å². The molecule has 9 heteroatoms. The summed E-state index contributed by atoms with van der Waals surface area (Å²) in [5.41, 5.74) is 1.08. The first-order chi connectivity index (χ1) is 15.1. The van der Waals surface area contributed by atoms with Crippen LogP contribution in [0.3, 0.4) is 0 Å². The smallest absolute Gasteiger partial charge is 0.356 e. The second-order valence-corrected chi connectivity index (χ2v) is 8.96. The van der Waals surface area contributed by atoms with E-state index in [9.17, 15) is 19.1 Å². The van der Waals surface area contributed by atoms with Crippen LogP contribution >= 0.6 is 0 Å². The number of nitrogens with one attached hydrogen (secondary N) is 1. The average Bonchev–Trinajstić information content (AvgIpc) is 2.74. The summed E-state index contributed by atoms with van der Waals surface area (Å²) in [6.07, 6.45) is 3.69. The zero-order valence-corrected chi connectivity index (χ0v) is 18.3. The Morgan fingerprint density at radius 3 is 2.62 bits per heavy atom. The summed E-state index contributed by atoms with van der Waals surface area (Å²) >= 11 is 0. The van der Waals surface area contributed by atoms with E-state index in [1.54, 1.807) is 18.3 Å². The maximum atomic E-state index is 13.4. The van der Waals surface area contributed by atoms with Gasteiger partial charge in [-0.25, -0.2) is 14.8 Å². The lowest BCUT2D eigenvalue weighted by atomic mass is 9.83. The number of halogens is 1. The predicted molar refractivity (Wildman–Crippen MR) is 120 cm³/mol. The molecule has 1 aliphatic heterocycles. The quantitative estimate of drug-likeness (QED) is 0.585. The maximum absolute atomic E-state index is 13.4. The molecule has 1 saturated heterocycles. The molecule has 3 aromatic rings. The van der Waals surface area contributed by atoms with Crippen molar-refractivity contribution in [3.05, 3.63) is 64.1 Å². The molecule has 0 aliphatic carbocycles. The number of nitrogens with zero attached hydrogens (tertiary/aromatic N) is 4. The van der Waals surface area contributed by atoms with Crippen molar-refractivity contribution in [3.63, 3.8) is 0 Å². The minimum absolute atomic E-state index is 0.182. The van der Waals surface area contributed by atoms with Crippen molar-refractivity contribution < 1.29 is 14.3 Å². The van der Waals surface area contributed by atoms with Crippen LogP contribution in [0.5, 0.6) is 0 Å². The van der Waals surface area contributed by atoms with Gasteiger partial charge in [0.05, 0.1) is 11.7 Å². The molecule has 32 heavy (non-hydrogen) atoms. The standard InChI is InChI=1S/C23H26FN5O3/c1-14(25-16-6-7-17(24)26-20(16)22(31)32)15-5-4-10-29-19(30)13-18(27-21(15)29)28-11-8-23(2,3)9-12-28/h4-7,10,13-14,25H,8-9,11-12H2,1-3H3,(H,31,32)/t14-/m1/s1. The van der Waals surface area contributed by atoms with Gasteiger partial charge in [0.15, 0.2) is 5.69 Å². The zero-order chi connectivity index (χ0) is 23.0. The van der Waals surface area contributed by atoms with E-state index >= 15 is 0 Å². The summed E-state index contributed by atoms with van der Waals surface area (Å²) < 4.78 is 14.9. The Morgan fingerprint density at radius 2 is 1.94 bits per heavy atom. The summed E-state index contributed by atoms with van der Waals surface area (Å²) in [4.78, 5) is 34.7. The SMILES string of the molecule is C[C@@H](Nc1ccc(F)nc1C(=O)O)c1cccn2c(=O)cc(N3CCC(C)(C)CC3)nc12. The van der Waals surface area contributed by atoms with E-state index in [1.165, 1.54) is 10.5 Å². The number of piperidine rings is 1. The summed E-state index contributed by atoms with van der Waals surface area (Å²) in [5.74, 6) is -1.56. The largest absolute Gasteiger partial charge is 0.476 e. The molecule has 0 bridgehead atoms. The average molecular weight is 439 g/mol. The minimum Gasteiger partial charge on any atom is -0.476 e. The summed E-state index contributed by atoms with van der Waals surface area (Å²) in [7, 11) is 0. The fourth-order valence-corrected chi connectivity index (χ4v) is 4.00. The summed E-state index contributed by atoms with van der Waals surface area (Å²) in [5, 5.41) is 12.4. The lowest BCUT2D eigenvalue weighted by molar-refractivity contribution is 0.0690. The van der Waals surface area contributed by atoms with Crippen molar-refractivity contribution in [3.8, 4) is 0 Å². The minimum atomic E-state index is -1.33. The number of hydrogen-bond acceptors (Lipinski definition) is 6. The van der Waals surface area contributed by atoms with E-state index in [-0.39, 0.29) is 16.7 Å². The molecule has 168 valence electrons. The van der Waals surface area contributed by atoms with Gasteiger partial charge >= 0.3 is 5.97 Å². The fraction of sp³-hybridized carbons (Fsp3) is 0.391. The van der Waals surface area contributed by atoms with Crippen LogP contribution in [-0.2, 0) is 0 Å². The topological polar surface area (TPSA) is 99.8 Å². The van der Waals surface area contributed by atoms with Crippen LogP contribution in [0, 0.1) is 11.4 Å². The number of fused-ring (bicyclic) bond motifs is 1. The van der Waals surface area contributed by atoms with Gasteiger partial charge in [0, 0.05) is 30.9 Å². The molecule has 0 radical (unpaired) electrons. The van der Waals surface area contributed by atoms with Crippen molar-refractivity contribution in [1.29, 1.82) is 0 Å². The monoisotopic (exact) mass is 439 g/mol. The molecule has 4 rings (SSSR count). The zero-order valence-electron chi connectivity index (χ0n) is 18.3. The van der Waals surface area contributed by atoms with Crippen LogP contribution in [-0.4, -0.2) is 38.5 Å². The molecule has 1 aliphatic rings. The van der Waals surface area contributed by atoms with Gasteiger partial charge in [0.2, 0.25) is 5.95 Å². The van der Waals surface area contributed by atoms with Crippen LogP contribution in [0.25, 0.3) is 5.65 Å². The number of hydrogen-bond donors (Lipinski definition) is 2. The fourth-order valence-electron chi connectivity index (χ4n) is 4.00. The molecule has 0 amide bonds. The molecule has 8 nitrogen and oxygen atoms in total. The van der Waals surface area contributed by atoms with Gasteiger partial charge < -0.3 is 15.3 Å². The van der Waals surface area contributed by atoms with E-state index in [1.807, 2.05) is 13.0 Å². The third-order valence-corrected chi connectivity index (χ3v) is 6.05. The van der Waals surface area contributed by atoms with E-state index in [0.29, 0.717) is 17.0 Å². The van der Waals surface area contributed by atoms with Crippen LogP contribution in [0.4, 0.5) is 15.9 Å². The Morgan fingerprint density at radius 1 is 1.22 bits per heavy atom. The van der Waals surface area contributed by atoms with Gasteiger partial charge in [-0.2, -0.15) is 4.39 Å². The Balaban J connectivity index is 1.71. The lowest BCUT2D eigenvalue weighted by Gasteiger charge is -2.37. The highest BCUT2D eigenvalue weighted by atomic mass is 19.1. The molecule has 3 aromatic heterocycles. The molecule has 1 fully saturated rings. The number of carboxylic acids is 1. The van der Waals surface area contributed by atoms with Gasteiger partial charge in [0.25, 0.3) is 5.56 Å². The second-order valence-electron chi connectivity index (χ2n) is 8.96. The van der Waals surface area contributed by atoms with Crippen molar-refractivity contribution in [2.24, 2.45) is 5.41 Å². The van der Waals surface area contributed by atoms with Crippen LogP contribution < -0.4 is 15.8 Å². The Kier molecular flexibility index (Phi) is 5.58. The first kappa shape index (κ1) is 21.7. The van der Waals surface area contributed by atoms with Gasteiger partial charge in [0.1, 0.15) is 11.5 Å². The lowest BCUT2D eigenvalue weighted by Crippen LogP contribution is -2.38. The molecule has 2 N–H and O–H groups in total. The highest BCUT2D eigenvalue weighted by Gasteiger charge is 2.27. The van der Waals surface area contributed by atoms with Crippen molar-refractivity contribution >= 4 is 23.1 Å². The van der Waals surface area contributed by atoms with E-state index in [0.717, 1.165) is 32.0 Å². The van der Waals surface area contributed by atoms with Gasteiger partial charge in [-0.15, -0.1) is 0 Å². The molecule has 0 aromatic carbocycles. The number of aromatic carboxylic acids is 1. The number of carboxylic acid groups (broad SMARTS) is 1. The molecule has 0 unspecified atom stereocenters. The van der Waals surface area contributed by atoms with Crippen molar-refractivity contribution in [1.82, 2.24) is 14.4 Å². The molecule has 1 atom stereocenters. The number of rotatable bonds is 5. The second kappa shape index (κ2) is 8.22. The van der Waals surface area contributed by atoms with Crippen molar-refractivity contribution in [2.45, 2.75) is 39.7 Å². The summed E-state index contributed by atoms with van der Waals surface area (Å²) in [6.45, 7) is 7.97. The van der Waals surface area contributed by atoms with Gasteiger partial charge in [-0.3, -0.25) is 9.20 Å². The highest BCUT2D eigenvalue weighted by Crippen LogP contribution is 2.32. The Hall–Kier alpha value is -3.49. The van der Waals surface area contributed by atoms with Gasteiger partial charge in [-0.1, -0.05) is 19.9 Å². The number of anilines is 2. The van der Waals surface area contributed by atoms with Crippen LogP contribution in [0.15, 0.2) is 41.3 Å². The maximum Gasteiger partial charge on any atom is 0.356 e. The van der Waals surface area contributed by atoms with Crippen molar-refractivity contribution in [2.75, 3.05) is 23.3 Å². The third-order valence-electron chi connectivity index (χ3n) is 6.05. The van der Waals surface area contributed by atoms with Crippen LogP contribution in [0.2, 0.25) is 0 Å². The van der Waals surface area contributed by atoms with E-state index in [2.05, 4.69) is 29.0 Å². The molecular formula is C23H26FN5O3. The third kappa shape index (κ3) is 4.28. The number of carbonyl (C=O) groups is 1. The van der Waals surface area contributed by atoms with E-state index in [4.69, 9.17) is 4.98 Å². The summed E-state index contributed by atoms with van der Waals surface area (Å²) in [6, 6.07) is 7.16. The molecule has 0 spiro atoms. The van der Waals surface area contributed by atoms with Crippen LogP contribution in [0.1, 0.15) is 55.7 Å². The molecule has 4 heterocycles. The molecular weight excluding hydrogens is 413 g/mol. The molecule has 0 saturated carbocycles. The first-order valence-corrected chi connectivity index (χ1v) is 10.6.